The molecule has 1 N–H and O–H groups in total. The number of hydrogen-bond donors (Lipinski definition) is 1. The van der Waals surface area contributed by atoms with E-state index >= 15 is 0 Å². The highest BCUT2D eigenvalue weighted by Gasteiger charge is 2.23. The zero-order valence-corrected chi connectivity index (χ0v) is 21.8. The fourth-order valence-corrected chi connectivity index (χ4v) is 3.78. The minimum absolute atomic E-state index is 0.0260. The van der Waals surface area contributed by atoms with E-state index in [4.69, 9.17) is 18.9 Å². The summed E-state index contributed by atoms with van der Waals surface area (Å²) in [6, 6.07) is 11.4. The summed E-state index contributed by atoms with van der Waals surface area (Å²) < 4.78 is 25.0. The molecular weight excluding hydrogens is 462 g/mol. The first kappa shape index (κ1) is 26.7. The Balaban J connectivity index is 1.65. The third-order valence-electron chi connectivity index (χ3n) is 6.05. The van der Waals surface area contributed by atoms with Crippen molar-refractivity contribution in [1.82, 2.24) is 14.3 Å². The minimum Gasteiger partial charge on any atom is -0.509 e. The Morgan fingerprint density at radius 3 is 2.14 bits per heavy atom. The van der Waals surface area contributed by atoms with Gasteiger partial charge in [0.2, 0.25) is 5.75 Å². The lowest BCUT2D eigenvalue weighted by Crippen LogP contribution is -2.30. The van der Waals surface area contributed by atoms with E-state index in [0.717, 1.165) is 29.8 Å². The molecule has 36 heavy (non-hydrogen) atoms. The number of nitrogens with zero attached hydrogens (tertiary/aromatic N) is 3. The molecule has 1 aromatic heterocycles. The van der Waals surface area contributed by atoms with Crippen LogP contribution < -0.4 is 24.6 Å². The average Bonchev–Trinajstić information content (AvgIpc) is 3.11. The molecule has 0 fully saturated rings. The Kier molecular flexibility index (Phi) is 8.34. The molecule has 0 spiro atoms. The summed E-state index contributed by atoms with van der Waals surface area (Å²) in [5.74, 6) is 2.90. The van der Waals surface area contributed by atoms with E-state index in [1.165, 1.54) is 4.68 Å². The van der Waals surface area contributed by atoms with Gasteiger partial charge in [-0.2, -0.15) is 5.10 Å². The normalized spacial score (nSPS) is 11.3. The van der Waals surface area contributed by atoms with Gasteiger partial charge in [-0.3, -0.25) is 4.57 Å². The van der Waals surface area contributed by atoms with Gasteiger partial charge in [0, 0.05) is 13.5 Å². The summed E-state index contributed by atoms with van der Waals surface area (Å²) in [5, 5.41) is 14.2. The first-order valence-electron chi connectivity index (χ1n) is 11.7. The van der Waals surface area contributed by atoms with Crippen molar-refractivity contribution >= 4 is 0 Å². The Bertz CT molecular complexity index is 1230. The molecule has 0 unspecified atom stereocenters. The number of ether oxygens (including phenoxy) is 4. The zero-order valence-electron chi connectivity index (χ0n) is 21.8. The van der Waals surface area contributed by atoms with E-state index < -0.39 is 5.60 Å². The van der Waals surface area contributed by atoms with Gasteiger partial charge < -0.3 is 24.1 Å². The van der Waals surface area contributed by atoms with Crippen molar-refractivity contribution in [2.75, 3.05) is 21.3 Å². The number of aromatic nitrogens is 3. The lowest BCUT2D eigenvalue weighted by Gasteiger charge is -2.25. The van der Waals surface area contributed by atoms with Crippen LogP contribution in [-0.2, 0) is 26.4 Å². The van der Waals surface area contributed by atoms with E-state index in [9.17, 15) is 9.90 Å². The largest absolute Gasteiger partial charge is 0.509 e. The number of hydrogen-bond acceptors (Lipinski definition) is 7. The second kappa shape index (κ2) is 11.2. The fraction of sp³-hybridized carbons (Fsp3) is 0.407. The van der Waals surface area contributed by atoms with Gasteiger partial charge in [-0.1, -0.05) is 18.7 Å². The number of aliphatic hydroxyl groups is 1. The molecule has 0 aliphatic rings. The number of methoxy groups -OCH3 is 3. The van der Waals surface area contributed by atoms with Gasteiger partial charge in [-0.15, -0.1) is 0 Å². The molecule has 0 saturated carbocycles. The SMILES string of the molecule is C=C(O)C(C)(C)Oc1ccc(CCCc2nn(Cc3cc(OC)c(OC)c(OC)c3)c(=O)n2C)cc1. The van der Waals surface area contributed by atoms with Crippen LogP contribution in [-0.4, -0.2) is 46.4 Å². The Morgan fingerprint density at radius 2 is 1.61 bits per heavy atom. The van der Waals surface area contributed by atoms with Crippen LogP contribution in [0.4, 0.5) is 0 Å². The van der Waals surface area contributed by atoms with Gasteiger partial charge in [-0.05, 0) is 62.1 Å². The molecule has 0 aliphatic carbocycles. The maximum Gasteiger partial charge on any atom is 0.345 e. The highest BCUT2D eigenvalue weighted by atomic mass is 16.5. The summed E-state index contributed by atoms with van der Waals surface area (Å²) in [6.45, 7) is 7.35. The molecule has 194 valence electrons. The number of aryl methyl sites for hydroxylation is 2. The van der Waals surface area contributed by atoms with Crippen LogP contribution in [0.3, 0.4) is 0 Å². The molecule has 1 heterocycles. The zero-order chi connectivity index (χ0) is 26.5. The molecule has 0 atom stereocenters. The Hall–Kier alpha value is -3.88. The van der Waals surface area contributed by atoms with Crippen molar-refractivity contribution in [3.63, 3.8) is 0 Å². The van der Waals surface area contributed by atoms with Crippen molar-refractivity contribution < 1.29 is 24.1 Å². The summed E-state index contributed by atoms with van der Waals surface area (Å²) in [6.07, 6.45) is 2.31. The van der Waals surface area contributed by atoms with E-state index in [0.29, 0.717) is 29.4 Å². The second-order valence-electron chi connectivity index (χ2n) is 9.01. The summed E-state index contributed by atoms with van der Waals surface area (Å²) in [7, 11) is 6.39. The Morgan fingerprint density at radius 1 is 1.00 bits per heavy atom. The van der Waals surface area contributed by atoms with Gasteiger partial charge in [-0.25, -0.2) is 9.48 Å². The molecule has 9 nitrogen and oxygen atoms in total. The summed E-state index contributed by atoms with van der Waals surface area (Å²) in [4.78, 5) is 12.8. The van der Waals surface area contributed by atoms with Crippen molar-refractivity contribution in [2.45, 2.75) is 45.3 Å². The lowest BCUT2D eigenvalue weighted by atomic mass is 10.1. The van der Waals surface area contributed by atoms with Crippen LogP contribution in [0.5, 0.6) is 23.0 Å². The quantitative estimate of drug-likeness (QED) is 0.377. The standard InChI is InChI=1S/C27H35N3O6/c1-18(31)27(2,3)36-21-13-11-19(12-14-21)9-8-10-24-28-30(26(32)29(24)4)17-20-15-22(33-5)25(35-7)23(16-20)34-6/h11-16,31H,1,8-10,17H2,2-7H3. The van der Waals surface area contributed by atoms with Crippen LogP contribution >= 0.6 is 0 Å². The van der Waals surface area contributed by atoms with Crippen LogP contribution in [0.25, 0.3) is 0 Å². The fourth-order valence-electron chi connectivity index (χ4n) is 3.78. The third-order valence-corrected chi connectivity index (χ3v) is 6.05. The molecule has 3 rings (SSSR count). The van der Waals surface area contributed by atoms with Crippen molar-refractivity contribution in [3.8, 4) is 23.0 Å². The molecule has 0 amide bonds. The number of aliphatic hydroxyl groups excluding tert-OH is 1. The maximum absolute atomic E-state index is 12.8. The first-order chi connectivity index (χ1) is 17.1. The molecule has 3 aromatic rings. The second-order valence-corrected chi connectivity index (χ2v) is 9.01. The molecule has 2 aromatic carbocycles. The van der Waals surface area contributed by atoms with E-state index in [-0.39, 0.29) is 18.0 Å². The van der Waals surface area contributed by atoms with Crippen molar-refractivity contribution in [1.29, 1.82) is 0 Å². The average molecular weight is 498 g/mol. The third kappa shape index (κ3) is 6.02. The van der Waals surface area contributed by atoms with Crippen LogP contribution in [0.1, 0.15) is 37.2 Å². The van der Waals surface area contributed by atoms with E-state index in [2.05, 4.69) is 11.7 Å². The molecule has 0 saturated heterocycles. The lowest BCUT2D eigenvalue weighted by molar-refractivity contribution is 0.0974. The van der Waals surface area contributed by atoms with Crippen LogP contribution in [0.15, 0.2) is 53.5 Å². The van der Waals surface area contributed by atoms with Gasteiger partial charge in [0.05, 0.1) is 27.9 Å². The maximum atomic E-state index is 12.8. The smallest absolute Gasteiger partial charge is 0.345 e. The predicted molar refractivity (Wildman–Crippen MR) is 138 cm³/mol. The predicted octanol–water partition coefficient (Wildman–Crippen LogP) is 4.06. The monoisotopic (exact) mass is 497 g/mol. The van der Waals surface area contributed by atoms with Gasteiger partial charge in [0.1, 0.15) is 17.3 Å². The van der Waals surface area contributed by atoms with Gasteiger partial charge in [0.25, 0.3) is 0 Å². The molecule has 0 aliphatic heterocycles. The van der Waals surface area contributed by atoms with Crippen molar-refractivity contribution in [2.24, 2.45) is 7.05 Å². The highest BCUT2D eigenvalue weighted by Crippen LogP contribution is 2.38. The van der Waals surface area contributed by atoms with Gasteiger partial charge in [0.15, 0.2) is 17.1 Å². The topological polar surface area (TPSA) is 97.0 Å². The van der Waals surface area contributed by atoms with Crippen LogP contribution in [0.2, 0.25) is 0 Å². The minimum atomic E-state index is -0.854. The Labute approximate surface area is 211 Å². The first-order valence-corrected chi connectivity index (χ1v) is 11.7. The molecular formula is C27H35N3O6. The van der Waals surface area contributed by atoms with E-state index in [1.807, 2.05) is 36.4 Å². The van der Waals surface area contributed by atoms with Crippen LogP contribution in [0, 0.1) is 0 Å². The molecule has 0 bridgehead atoms. The van der Waals surface area contributed by atoms with Gasteiger partial charge >= 0.3 is 5.69 Å². The summed E-state index contributed by atoms with van der Waals surface area (Å²) in [5.41, 5.74) is 0.914. The van der Waals surface area contributed by atoms with Crippen molar-refractivity contribution in [3.05, 3.63) is 76.2 Å². The highest BCUT2D eigenvalue weighted by molar-refractivity contribution is 5.53. The van der Waals surface area contributed by atoms with E-state index in [1.54, 1.807) is 46.8 Å². The summed E-state index contributed by atoms with van der Waals surface area (Å²) >= 11 is 0. The molecule has 0 radical (unpaired) electrons. The molecule has 9 heteroatoms. The number of rotatable bonds is 12. The number of benzene rings is 2.